The van der Waals surface area contributed by atoms with Crippen molar-refractivity contribution in [2.45, 2.75) is 13.5 Å². The summed E-state index contributed by atoms with van der Waals surface area (Å²) in [5.74, 6) is -0.771. The van der Waals surface area contributed by atoms with Gasteiger partial charge in [-0.1, -0.05) is 12.1 Å². The van der Waals surface area contributed by atoms with Crippen LogP contribution in [0.25, 0.3) is 5.53 Å². The number of likely N-dealkylation sites (N-methyl/N-ethyl adjacent to an activating group) is 1. The van der Waals surface area contributed by atoms with Gasteiger partial charge in [0.1, 0.15) is 12.4 Å². The molecule has 0 aromatic heterocycles. The Labute approximate surface area is 129 Å². The normalized spacial score (nSPS) is 10.0. The zero-order chi connectivity index (χ0) is 16.5. The molecule has 0 N–H and O–H groups in total. The van der Waals surface area contributed by atoms with Crippen molar-refractivity contribution < 1.29 is 23.9 Å². The first-order chi connectivity index (χ1) is 10.5. The van der Waals surface area contributed by atoms with Gasteiger partial charge in [0.2, 0.25) is 5.78 Å². The molecule has 0 heterocycles. The van der Waals surface area contributed by atoms with Gasteiger partial charge in [-0.3, -0.25) is 9.69 Å². The molecule has 0 radical (unpaired) electrons. The van der Waals surface area contributed by atoms with Gasteiger partial charge in [0.15, 0.2) is 0 Å². The monoisotopic (exact) mass is 305 g/mol. The molecule has 7 nitrogen and oxygen atoms in total. The van der Waals surface area contributed by atoms with Crippen molar-refractivity contribution in [2.24, 2.45) is 0 Å². The van der Waals surface area contributed by atoms with Crippen molar-refractivity contribution in [1.82, 2.24) is 4.90 Å². The summed E-state index contributed by atoms with van der Waals surface area (Å²) in [4.78, 5) is 27.0. The number of carbonyl (C=O) groups excluding carboxylic acids is 2. The van der Waals surface area contributed by atoms with Gasteiger partial charge < -0.3 is 15.0 Å². The van der Waals surface area contributed by atoms with Crippen LogP contribution in [0, 0.1) is 0 Å². The highest BCUT2D eigenvalue weighted by Crippen LogP contribution is 2.12. The van der Waals surface area contributed by atoms with Gasteiger partial charge in [0.05, 0.1) is 7.11 Å². The molecule has 0 bridgehead atoms. The average Bonchev–Trinajstić information content (AvgIpc) is 2.48. The van der Waals surface area contributed by atoms with E-state index in [1.807, 2.05) is 36.2 Å². The van der Waals surface area contributed by atoms with E-state index < -0.39 is 17.5 Å². The van der Waals surface area contributed by atoms with Crippen LogP contribution in [0.4, 0.5) is 0 Å². The van der Waals surface area contributed by atoms with Crippen LogP contribution < -0.4 is 4.74 Å². The van der Waals surface area contributed by atoms with Crippen molar-refractivity contribution in [1.29, 1.82) is 0 Å². The Morgan fingerprint density at radius 2 is 1.91 bits per heavy atom. The molecule has 0 amide bonds. The molecule has 1 aromatic rings. The Hall–Kier alpha value is -2.50. The van der Waals surface area contributed by atoms with Crippen LogP contribution in [0.3, 0.4) is 0 Å². The number of methoxy groups -OCH3 is 1. The molecule has 118 valence electrons. The molecule has 22 heavy (non-hydrogen) atoms. The Bertz CT molecular complexity index is 577. The number of ether oxygens (including phenoxy) is 2. The third-order valence-electron chi connectivity index (χ3n) is 2.94. The van der Waals surface area contributed by atoms with Crippen molar-refractivity contribution in [3.8, 4) is 5.75 Å². The van der Waals surface area contributed by atoms with Crippen LogP contribution >= 0.6 is 0 Å². The number of esters is 1. The molecule has 0 fully saturated rings. The molecule has 0 unspecified atom stereocenters. The van der Waals surface area contributed by atoms with Gasteiger partial charge in [0, 0.05) is 20.0 Å². The maximum atomic E-state index is 11.5. The van der Waals surface area contributed by atoms with Gasteiger partial charge in [-0.25, -0.2) is 4.79 Å². The highest BCUT2D eigenvalue weighted by Gasteiger charge is 2.27. The summed E-state index contributed by atoms with van der Waals surface area (Å²) in [6, 6.07) is 7.65. The molecular weight excluding hydrogens is 286 g/mol. The fourth-order valence-electron chi connectivity index (χ4n) is 1.74. The van der Waals surface area contributed by atoms with Crippen LogP contribution in [0.1, 0.15) is 12.5 Å². The first kappa shape index (κ1) is 17.6. The van der Waals surface area contributed by atoms with E-state index in [0.29, 0.717) is 13.1 Å². The fraction of sp³-hybridized carbons (Fsp3) is 0.400. The van der Waals surface area contributed by atoms with Crippen LogP contribution in [0.2, 0.25) is 0 Å². The standard InChI is InChI=1S/C15H19N3O4/c1-11(19)14(17-16)15(20)22-9-8-18(2)10-12-4-6-13(21-3)7-5-12/h4-7H,8-10H2,1-3H3. The second-order valence-electron chi connectivity index (χ2n) is 4.73. The fourth-order valence-corrected chi connectivity index (χ4v) is 1.74. The van der Waals surface area contributed by atoms with E-state index in [4.69, 9.17) is 15.0 Å². The Balaban J connectivity index is 2.39. The van der Waals surface area contributed by atoms with E-state index in [1.165, 1.54) is 0 Å². The molecule has 0 aliphatic carbocycles. The third-order valence-corrected chi connectivity index (χ3v) is 2.94. The summed E-state index contributed by atoms with van der Waals surface area (Å²) in [7, 11) is 3.49. The predicted octanol–water partition coefficient (Wildman–Crippen LogP) is 0.930. The molecule has 0 spiro atoms. The summed E-state index contributed by atoms with van der Waals surface area (Å²) in [6.07, 6.45) is 0. The van der Waals surface area contributed by atoms with Crippen LogP contribution in [-0.4, -0.2) is 54.5 Å². The van der Waals surface area contributed by atoms with Crippen LogP contribution in [0.15, 0.2) is 24.3 Å². The van der Waals surface area contributed by atoms with E-state index in [1.54, 1.807) is 7.11 Å². The molecular formula is C15H19N3O4. The molecule has 0 saturated heterocycles. The first-order valence-electron chi connectivity index (χ1n) is 6.69. The summed E-state index contributed by atoms with van der Waals surface area (Å²) in [5, 5.41) is 0. The van der Waals surface area contributed by atoms with Crippen molar-refractivity contribution in [3.05, 3.63) is 35.4 Å². The predicted molar refractivity (Wildman–Crippen MR) is 79.6 cm³/mol. The smallest absolute Gasteiger partial charge is 0.441 e. The minimum absolute atomic E-state index is 0.0950. The summed E-state index contributed by atoms with van der Waals surface area (Å²) < 4.78 is 9.98. The highest BCUT2D eigenvalue weighted by molar-refractivity contribution is 6.61. The molecule has 1 rings (SSSR count). The van der Waals surface area contributed by atoms with E-state index in [-0.39, 0.29) is 6.61 Å². The molecule has 0 saturated carbocycles. The Kier molecular flexibility index (Phi) is 6.95. The van der Waals surface area contributed by atoms with Crippen molar-refractivity contribution >= 4 is 17.5 Å². The molecule has 0 atom stereocenters. The summed E-state index contributed by atoms with van der Waals surface area (Å²) >= 11 is 0. The number of nitrogens with zero attached hydrogens (tertiary/aromatic N) is 3. The SMILES string of the molecule is COc1ccc(CN(C)CCOC(=O)C(=[N+]=[N-])C(C)=O)cc1. The van der Waals surface area contributed by atoms with Gasteiger partial charge in [0.25, 0.3) is 0 Å². The van der Waals surface area contributed by atoms with E-state index in [0.717, 1.165) is 18.2 Å². The lowest BCUT2D eigenvalue weighted by molar-refractivity contribution is -0.142. The Morgan fingerprint density at radius 1 is 1.27 bits per heavy atom. The minimum Gasteiger partial charge on any atom is -0.497 e. The Morgan fingerprint density at radius 3 is 2.41 bits per heavy atom. The second-order valence-corrected chi connectivity index (χ2v) is 4.73. The van der Waals surface area contributed by atoms with Crippen molar-refractivity contribution in [2.75, 3.05) is 27.3 Å². The second kappa shape index (κ2) is 8.71. The van der Waals surface area contributed by atoms with E-state index in [9.17, 15) is 9.59 Å². The van der Waals surface area contributed by atoms with Crippen LogP contribution in [-0.2, 0) is 20.9 Å². The number of rotatable bonds is 8. The van der Waals surface area contributed by atoms with Crippen molar-refractivity contribution in [3.63, 3.8) is 0 Å². The molecule has 7 heteroatoms. The average molecular weight is 305 g/mol. The number of hydrogen-bond donors (Lipinski definition) is 0. The zero-order valence-corrected chi connectivity index (χ0v) is 12.9. The molecule has 0 aliphatic heterocycles. The highest BCUT2D eigenvalue weighted by atomic mass is 16.5. The number of carbonyl (C=O) groups is 2. The number of hydrogen-bond acceptors (Lipinski definition) is 5. The van der Waals surface area contributed by atoms with E-state index in [2.05, 4.69) is 4.79 Å². The third kappa shape index (κ3) is 5.47. The van der Waals surface area contributed by atoms with Gasteiger partial charge in [-0.2, -0.15) is 4.79 Å². The number of benzene rings is 1. The lowest BCUT2D eigenvalue weighted by Crippen LogP contribution is -2.29. The minimum atomic E-state index is -0.923. The van der Waals surface area contributed by atoms with Gasteiger partial charge in [-0.05, 0) is 24.7 Å². The largest absolute Gasteiger partial charge is 0.497 e. The maximum Gasteiger partial charge on any atom is 0.441 e. The van der Waals surface area contributed by atoms with Gasteiger partial charge >= 0.3 is 11.7 Å². The quantitative estimate of drug-likeness (QED) is 0.234. The summed E-state index contributed by atoms with van der Waals surface area (Å²) in [5.41, 5.74) is 9.05. The molecule has 1 aromatic carbocycles. The topological polar surface area (TPSA) is 92.2 Å². The lowest BCUT2D eigenvalue weighted by atomic mass is 10.2. The molecule has 0 aliphatic rings. The number of ketones is 1. The van der Waals surface area contributed by atoms with E-state index >= 15 is 0 Å². The first-order valence-corrected chi connectivity index (χ1v) is 6.69. The maximum absolute atomic E-state index is 11.5. The summed E-state index contributed by atoms with van der Waals surface area (Å²) in [6.45, 7) is 2.38. The number of Topliss-reactive ketones (excluding diaryl/α,β-unsaturated/α-hetero) is 1. The zero-order valence-electron chi connectivity index (χ0n) is 12.9. The lowest BCUT2D eigenvalue weighted by Gasteiger charge is -2.16. The van der Waals surface area contributed by atoms with Crippen LogP contribution in [0.5, 0.6) is 5.75 Å². The van der Waals surface area contributed by atoms with Gasteiger partial charge in [-0.15, -0.1) is 0 Å².